The number of hydrogen-bond acceptors (Lipinski definition) is 6. The molecule has 260 valence electrons. The van der Waals surface area contributed by atoms with Gasteiger partial charge in [0, 0.05) is 27.6 Å². The van der Waals surface area contributed by atoms with Gasteiger partial charge in [-0.25, -0.2) is 19.9 Å². The van der Waals surface area contributed by atoms with E-state index < -0.39 is 0 Å². The van der Waals surface area contributed by atoms with E-state index in [1.54, 1.807) is 0 Å². The molecule has 3 aromatic heterocycles. The molecule has 0 saturated heterocycles. The molecule has 12 rings (SSSR count). The van der Waals surface area contributed by atoms with Crippen LogP contribution >= 0.6 is 0 Å². The highest BCUT2D eigenvalue weighted by atomic mass is 16.4. The molecule has 6 nitrogen and oxygen atoms in total. The number of nitrogens with zero attached hydrogens (tertiary/aromatic N) is 4. The molecule has 0 saturated carbocycles. The first kappa shape index (κ1) is 30.7. The molecule has 6 heteroatoms. The molecule has 3 heterocycles. The standard InChI is InChI=1S/C50H28N4O2/c1-2-11-33(12-3-1)47-52-48(34-21-19-31-18-17-30-10-5-7-15-37(30)39(31)27-34)54-49(53-47)35-22-20-32-23-25-42-44(40(32)28-35)45-43(55-42)26-24-41-46(45)56-50(51-41)38-16-8-13-29-9-4-6-14-36(29)38/h1-28H. The Bertz CT molecular complexity index is 3540. The summed E-state index contributed by atoms with van der Waals surface area (Å²) in [6.45, 7) is 0. The van der Waals surface area contributed by atoms with E-state index in [2.05, 4.69) is 103 Å². The average molecular weight is 717 g/mol. The highest BCUT2D eigenvalue weighted by molar-refractivity contribution is 6.25. The van der Waals surface area contributed by atoms with Crippen molar-refractivity contribution in [1.82, 2.24) is 19.9 Å². The molecule has 9 aromatic carbocycles. The molecule has 0 aliphatic carbocycles. The lowest BCUT2D eigenvalue weighted by Crippen LogP contribution is -2.00. The van der Waals surface area contributed by atoms with Crippen molar-refractivity contribution in [2.45, 2.75) is 0 Å². The van der Waals surface area contributed by atoms with Gasteiger partial charge >= 0.3 is 0 Å². The lowest BCUT2D eigenvalue weighted by molar-refractivity contribution is 0.623. The van der Waals surface area contributed by atoms with Crippen LogP contribution in [0.2, 0.25) is 0 Å². The fraction of sp³-hybridized carbons (Fsp3) is 0. The molecular weight excluding hydrogens is 689 g/mol. The summed E-state index contributed by atoms with van der Waals surface area (Å²) >= 11 is 0. The minimum atomic E-state index is 0.576. The van der Waals surface area contributed by atoms with Gasteiger partial charge in [-0.2, -0.15) is 0 Å². The molecule has 0 amide bonds. The zero-order valence-corrected chi connectivity index (χ0v) is 29.8. The van der Waals surface area contributed by atoms with Crippen molar-refractivity contribution in [3.8, 4) is 45.6 Å². The summed E-state index contributed by atoms with van der Waals surface area (Å²) in [5.41, 5.74) is 6.64. The number of furan rings is 1. The maximum Gasteiger partial charge on any atom is 0.227 e. The van der Waals surface area contributed by atoms with Crippen molar-refractivity contribution in [1.29, 1.82) is 0 Å². The van der Waals surface area contributed by atoms with Crippen molar-refractivity contribution in [3.05, 3.63) is 170 Å². The third kappa shape index (κ3) is 4.76. The molecule has 0 N–H and O–H groups in total. The average Bonchev–Trinajstić information content (AvgIpc) is 3.88. The summed E-state index contributed by atoms with van der Waals surface area (Å²) in [5.74, 6) is 2.38. The van der Waals surface area contributed by atoms with Crippen molar-refractivity contribution in [3.63, 3.8) is 0 Å². The summed E-state index contributed by atoms with van der Waals surface area (Å²) in [5, 5.41) is 10.9. The van der Waals surface area contributed by atoms with Gasteiger partial charge in [0.05, 0.1) is 5.39 Å². The van der Waals surface area contributed by atoms with Crippen molar-refractivity contribution >= 4 is 76.1 Å². The zero-order valence-electron chi connectivity index (χ0n) is 29.8. The van der Waals surface area contributed by atoms with Crippen LogP contribution in [0, 0.1) is 0 Å². The number of oxazole rings is 1. The Balaban J connectivity index is 1.07. The summed E-state index contributed by atoms with van der Waals surface area (Å²) in [6, 6.07) is 58.3. The van der Waals surface area contributed by atoms with Crippen LogP contribution in [-0.2, 0) is 0 Å². The monoisotopic (exact) mass is 716 g/mol. The predicted molar refractivity (Wildman–Crippen MR) is 226 cm³/mol. The van der Waals surface area contributed by atoms with Crippen molar-refractivity contribution in [2.75, 3.05) is 0 Å². The number of hydrogen-bond donors (Lipinski definition) is 0. The second-order valence-corrected chi connectivity index (χ2v) is 14.2. The smallest absolute Gasteiger partial charge is 0.227 e. The Morgan fingerprint density at radius 2 is 0.893 bits per heavy atom. The molecular formula is C50H28N4O2. The van der Waals surface area contributed by atoms with E-state index in [1.807, 2.05) is 66.7 Å². The Kier molecular flexibility index (Phi) is 6.53. The minimum absolute atomic E-state index is 0.576. The largest absolute Gasteiger partial charge is 0.456 e. The molecule has 0 aliphatic heterocycles. The van der Waals surface area contributed by atoms with Crippen molar-refractivity contribution < 1.29 is 8.83 Å². The molecule has 12 aromatic rings. The molecule has 0 atom stereocenters. The third-order valence-corrected chi connectivity index (χ3v) is 10.9. The van der Waals surface area contributed by atoms with Gasteiger partial charge in [-0.15, -0.1) is 0 Å². The van der Waals surface area contributed by atoms with E-state index in [4.69, 9.17) is 28.8 Å². The lowest BCUT2D eigenvalue weighted by Gasteiger charge is -2.11. The van der Waals surface area contributed by atoms with E-state index in [-0.39, 0.29) is 0 Å². The van der Waals surface area contributed by atoms with Crippen molar-refractivity contribution in [2.24, 2.45) is 0 Å². The summed E-state index contributed by atoms with van der Waals surface area (Å²) in [4.78, 5) is 20.3. The van der Waals surface area contributed by atoms with Gasteiger partial charge in [0.1, 0.15) is 16.7 Å². The zero-order chi connectivity index (χ0) is 36.7. The molecule has 0 spiro atoms. The van der Waals surface area contributed by atoms with Crippen LogP contribution in [-0.4, -0.2) is 19.9 Å². The van der Waals surface area contributed by atoms with Gasteiger partial charge < -0.3 is 8.83 Å². The Labute approximate surface area is 319 Å². The maximum atomic E-state index is 6.69. The topological polar surface area (TPSA) is 77.8 Å². The molecule has 56 heavy (non-hydrogen) atoms. The van der Waals surface area contributed by atoms with Crippen LogP contribution in [0.25, 0.3) is 122 Å². The molecule has 0 bridgehead atoms. The highest BCUT2D eigenvalue weighted by Gasteiger charge is 2.20. The van der Waals surface area contributed by atoms with Crippen LogP contribution < -0.4 is 0 Å². The van der Waals surface area contributed by atoms with Gasteiger partial charge in [0.25, 0.3) is 0 Å². The van der Waals surface area contributed by atoms with Crippen LogP contribution in [0.4, 0.5) is 0 Å². The first-order valence-electron chi connectivity index (χ1n) is 18.6. The van der Waals surface area contributed by atoms with E-state index in [0.717, 1.165) is 76.6 Å². The van der Waals surface area contributed by atoms with E-state index in [1.165, 1.54) is 16.2 Å². The Morgan fingerprint density at radius 1 is 0.339 bits per heavy atom. The number of benzene rings is 9. The number of fused-ring (bicyclic) bond motifs is 11. The first-order chi connectivity index (χ1) is 27.7. The molecule has 0 fully saturated rings. The SMILES string of the molecule is c1ccc(-c2nc(-c3ccc4ccc5ccccc5c4c3)nc(-c3ccc4ccc5oc6ccc7nc(-c8cccc9ccccc89)oc7c6c5c4c3)n2)cc1. The van der Waals surface area contributed by atoms with E-state index in [9.17, 15) is 0 Å². The molecule has 0 unspecified atom stereocenters. The lowest BCUT2D eigenvalue weighted by atomic mass is 9.99. The number of rotatable bonds is 4. The second kappa shape index (κ2) is 11.9. The molecule has 0 aliphatic rings. The highest BCUT2D eigenvalue weighted by Crippen LogP contribution is 2.42. The van der Waals surface area contributed by atoms with Crippen LogP contribution in [0.3, 0.4) is 0 Å². The van der Waals surface area contributed by atoms with E-state index >= 15 is 0 Å². The normalized spacial score (nSPS) is 11.9. The van der Waals surface area contributed by atoms with Crippen LogP contribution in [0.15, 0.2) is 179 Å². The Hall–Kier alpha value is -7.70. The van der Waals surface area contributed by atoms with Crippen LogP contribution in [0.1, 0.15) is 0 Å². The summed E-state index contributed by atoms with van der Waals surface area (Å²) < 4.78 is 13.2. The first-order valence-corrected chi connectivity index (χ1v) is 18.6. The van der Waals surface area contributed by atoms with Gasteiger partial charge in [0.15, 0.2) is 23.1 Å². The third-order valence-electron chi connectivity index (χ3n) is 10.9. The quantitative estimate of drug-likeness (QED) is 0.169. The van der Waals surface area contributed by atoms with Gasteiger partial charge in [-0.1, -0.05) is 133 Å². The fourth-order valence-electron chi connectivity index (χ4n) is 8.21. The fourth-order valence-corrected chi connectivity index (χ4v) is 8.21. The Morgan fingerprint density at radius 3 is 1.68 bits per heavy atom. The second-order valence-electron chi connectivity index (χ2n) is 14.2. The predicted octanol–water partition coefficient (Wildman–Crippen LogP) is 13.2. The van der Waals surface area contributed by atoms with Gasteiger partial charge in [-0.3, -0.25) is 0 Å². The van der Waals surface area contributed by atoms with E-state index in [0.29, 0.717) is 28.9 Å². The van der Waals surface area contributed by atoms with Gasteiger partial charge in [-0.05, 0) is 79.5 Å². The maximum absolute atomic E-state index is 6.69. The summed E-state index contributed by atoms with van der Waals surface area (Å²) in [6.07, 6.45) is 0. The van der Waals surface area contributed by atoms with Crippen LogP contribution in [0.5, 0.6) is 0 Å². The summed E-state index contributed by atoms with van der Waals surface area (Å²) in [7, 11) is 0. The molecule has 0 radical (unpaired) electrons. The van der Waals surface area contributed by atoms with Gasteiger partial charge in [0.2, 0.25) is 5.89 Å². The minimum Gasteiger partial charge on any atom is -0.456 e. The number of aromatic nitrogens is 4.